The number of carbonyl (C=O) groups excluding carboxylic acids is 1. The lowest BCUT2D eigenvalue weighted by Gasteiger charge is -2.06. The van der Waals surface area contributed by atoms with Gasteiger partial charge in [-0.05, 0) is 35.4 Å². The van der Waals surface area contributed by atoms with Crippen molar-refractivity contribution in [3.05, 3.63) is 89.7 Å². The minimum atomic E-state index is -1.04. The summed E-state index contributed by atoms with van der Waals surface area (Å²) in [4.78, 5) is 31.5. The van der Waals surface area contributed by atoms with Crippen molar-refractivity contribution in [3.8, 4) is 5.75 Å². The number of hydrogen-bond acceptors (Lipinski definition) is 4. The van der Waals surface area contributed by atoms with E-state index in [0.717, 1.165) is 0 Å². The first-order valence-corrected chi connectivity index (χ1v) is 9.55. The molecule has 0 radical (unpaired) electrons. The Kier molecular flexibility index (Phi) is 5.49. The van der Waals surface area contributed by atoms with E-state index < -0.39 is 5.97 Å². The molecule has 4 rings (SSSR count). The number of amides is 1. The van der Waals surface area contributed by atoms with Gasteiger partial charge in [-0.3, -0.25) is 4.79 Å². The SMILES string of the molecule is O=C(Cc1cccc(O)c1)Nc1cnc2[nH]cc(/C=C(/C(=O)O)c3ccccc3)c2c1. The minimum absolute atomic E-state index is 0.101. The van der Waals surface area contributed by atoms with Gasteiger partial charge in [0.2, 0.25) is 5.91 Å². The van der Waals surface area contributed by atoms with Crippen molar-refractivity contribution in [2.45, 2.75) is 6.42 Å². The maximum Gasteiger partial charge on any atom is 0.336 e. The summed E-state index contributed by atoms with van der Waals surface area (Å²) < 4.78 is 0. The summed E-state index contributed by atoms with van der Waals surface area (Å²) in [5.74, 6) is -1.19. The van der Waals surface area contributed by atoms with E-state index >= 15 is 0 Å². The number of nitrogens with zero attached hydrogens (tertiary/aromatic N) is 1. The molecule has 2 heterocycles. The maximum absolute atomic E-state index is 12.4. The van der Waals surface area contributed by atoms with Gasteiger partial charge in [0.25, 0.3) is 0 Å². The first kappa shape index (κ1) is 19.9. The molecule has 4 N–H and O–H groups in total. The number of hydrogen-bond donors (Lipinski definition) is 4. The summed E-state index contributed by atoms with van der Waals surface area (Å²) in [5, 5.41) is 22.7. The Labute approximate surface area is 177 Å². The highest BCUT2D eigenvalue weighted by Gasteiger charge is 2.13. The Morgan fingerprint density at radius 3 is 2.61 bits per heavy atom. The van der Waals surface area contributed by atoms with Crippen LogP contribution in [0.2, 0.25) is 0 Å². The van der Waals surface area contributed by atoms with Crippen LogP contribution in [0.3, 0.4) is 0 Å². The van der Waals surface area contributed by atoms with Gasteiger partial charge in [0.1, 0.15) is 11.4 Å². The summed E-state index contributed by atoms with van der Waals surface area (Å²) in [6.07, 6.45) is 4.89. The molecular formula is C24H19N3O4. The second-order valence-corrected chi connectivity index (χ2v) is 6.99. The zero-order chi connectivity index (χ0) is 21.8. The quantitative estimate of drug-likeness (QED) is 0.356. The number of H-pyrrole nitrogens is 1. The van der Waals surface area contributed by atoms with Crippen LogP contribution < -0.4 is 5.32 Å². The second kappa shape index (κ2) is 8.54. The molecule has 0 spiro atoms. The zero-order valence-electron chi connectivity index (χ0n) is 16.4. The molecule has 0 atom stereocenters. The lowest BCUT2D eigenvalue weighted by molar-refractivity contribution is -0.130. The number of aliphatic carboxylic acids is 1. The molecule has 0 aliphatic rings. The van der Waals surface area contributed by atoms with Gasteiger partial charge in [-0.25, -0.2) is 9.78 Å². The Hall–Kier alpha value is -4.39. The lowest BCUT2D eigenvalue weighted by atomic mass is 10.0. The van der Waals surface area contributed by atoms with Crippen LogP contribution in [-0.2, 0) is 16.0 Å². The van der Waals surface area contributed by atoms with Gasteiger partial charge in [0.05, 0.1) is 23.9 Å². The fraction of sp³-hybridized carbons (Fsp3) is 0.0417. The Bertz CT molecular complexity index is 1290. The number of nitrogens with one attached hydrogen (secondary N) is 2. The third-order valence-corrected chi connectivity index (χ3v) is 4.74. The van der Waals surface area contributed by atoms with E-state index in [4.69, 9.17) is 0 Å². The van der Waals surface area contributed by atoms with E-state index in [9.17, 15) is 19.8 Å². The highest BCUT2D eigenvalue weighted by atomic mass is 16.4. The molecule has 2 aromatic heterocycles. The topological polar surface area (TPSA) is 115 Å². The second-order valence-electron chi connectivity index (χ2n) is 6.99. The molecule has 1 amide bonds. The van der Waals surface area contributed by atoms with Crippen molar-refractivity contribution in [2.24, 2.45) is 0 Å². The molecule has 0 aliphatic carbocycles. The molecule has 0 saturated carbocycles. The lowest BCUT2D eigenvalue weighted by Crippen LogP contribution is -2.14. The number of carboxylic acids is 1. The van der Waals surface area contributed by atoms with Crippen molar-refractivity contribution >= 4 is 40.2 Å². The first-order chi connectivity index (χ1) is 15.0. The largest absolute Gasteiger partial charge is 0.508 e. The Morgan fingerprint density at radius 1 is 1.06 bits per heavy atom. The van der Waals surface area contributed by atoms with Gasteiger partial charge in [0.15, 0.2) is 0 Å². The monoisotopic (exact) mass is 413 g/mol. The van der Waals surface area contributed by atoms with E-state index in [1.54, 1.807) is 60.8 Å². The number of phenolic OH excluding ortho intramolecular Hbond substituents is 1. The third-order valence-electron chi connectivity index (χ3n) is 4.74. The highest BCUT2D eigenvalue weighted by molar-refractivity contribution is 6.21. The summed E-state index contributed by atoms with van der Waals surface area (Å²) in [6.45, 7) is 0. The molecular weight excluding hydrogens is 394 g/mol. The fourth-order valence-corrected chi connectivity index (χ4v) is 3.31. The van der Waals surface area contributed by atoms with Crippen LogP contribution in [0.25, 0.3) is 22.7 Å². The maximum atomic E-state index is 12.4. The predicted octanol–water partition coefficient (Wildman–Crippen LogP) is 4.07. The summed E-state index contributed by atoms with van der Waals surface area (Å²) in [7, 11) is 0. The van der Waals surface area contributed by atoms with Crippen molar-refractivity contribution < 1.29 is 19.8 Å². The predicted molar refractivity (Wildman–Crippen MR) is 118 cm³/mol. The van der Waals surface area contributed by atoms with Gasteiger partial charge in [-0.2, -0.15) is 0 Å². The summed E-state index contributed by atoms with van der Waals surface area (Å²) in [6, 6.07) is 17.1. The molecule has 0 bridgehead atoms. The minimum Gasteiger partial charge on any atom is -0.508 e. The van der Waals surface area contributed by atoms with Gasteiger partial charge in [-0.1, -0.05) is 42.5 Å². The number of fused-ring (bicyclic) bond motifs is 1. The van der Waals surface area contributed by atoms with E-state index in [2.05, 4.69) is 15.3 Å². The van der Waals surface area contributed by atoms with Crippen molar-refractivity contribution in [1.29, 1.82) is 0 Å². The van der Waals surface area contributed by atoms with Crippen LogP contribution in [0.4, 0.5) is 5.69 Å². The van der Waals surface area contributed by atoms with Crippen LogP contribution in [-0.4, -0.2) is 32.1 Å². The molecule has 2 aromatic carbocycles. The van der Waals surface area contributed by atoms with Crippen LogP contribution in [0.15, 0.2) is 73.1 Å². The number of benzene rings is 2. The first-order valence-electron chi connectivity index (χ1n) is 9.55. The van der Waals surface area contributed by atoms with Gasteiger partial charge in [0, 0.05) is 17.1 Å². The van der Waals surface area contributed by atoms with Gasteiger partial charge in [-0.15, -0.1) is 0 Å². The third kappa shape index (κ3) is 4.62. The van der Waals surface area contributed by atoms with E-state index in [-0.39, 0.29) is 23.7 Å². The highest BCUT2D eigenvalue weighted by Crippen LogP contribution is 2.25. The van der Waals surface area contributed by atoms with Crippen LogP contribution in [0.1, 0.15) is 16.7 Å². The van der Waals surface area contributed by atoms with Crippen LogP contribution in [0, 0.1) is 0 Å². The van der Waals surface area contributed by atoms with E-state index in [1.165, 1.54) is 12.3 Å². The standard InChI is InChI=1S/C24H19N3O4/c28-19-8-4-5-15(9-19)10-22(29)27-18-12-20-17(13-25-23(20)26-14-18)11-21(24(30)31)16-6-2-1-3-7-16/h1-9,11-14,28H,10H2,(H,25,26)(H,27,29)(H,30,31)/b21-11+. The average Bonchev–Trinajstić information content (AvgIpc) is 3.14. The molecule has 0 aliphatic heterocycles. The normalized spacial score (nSPS) is 11.4. The van der Waals surface area contributed by atoms with Crippen molar-refractivity contribution in [3.63, 3.8) is 0 Å². The molecule has 31 heavy (non-hydrogen) atoms. The number of carbonyl (C=O) groups is 2. The molecule has 154 valence electrons. The number of anilines is 1. The molecule has 0 saturated heterocycles. The number of carboxylic acid groups (broad SMARTS) is 1. The fourth-order valence-electron chi connectivity index (χ4n) is 3.31. The number of aromatic nitrogens is 2. The van der Waals surface area contributed by atoms with Crippen LogP contribution in [0.5, 0.6) is 5.75 Å². The van der Waals surface area contributed by atoms with Gasteiger partial charge >= 0.3 is 5.97 Å². The number of rotatable bonds is 6. The summed E-state index contributed by atoms with van der Waals surface area (Å²) in [5.41, 5.74) is 3.14. The number of aromatic hydroxyl groups is 1. The molecule has 4 aromatic rings. The number of pyridine rings is 1. The summed E-state index contributed by atoms with van der Waals surface area (Å²) >= 11 is 0. The molecule has 0 unspecified atom stereocenters. The Balaban J connectivity index is 1.61. The number of phenols is 1. The number of aromatic amines is 1. The van der Waals surface area contributed by atoms with Crippen molar-refractivity contribution in [1.82, 2.24) is 9.97 Å². The van der Waals surface area contributed by atoms with E-state index in [1.807, 2.05) is 6.07 Å². The van der Waals surface area contributed by atoms with Crippen LogP contribution >= 0.6 is 0 Å². The smallest absolute Gasteiger partial charge is 0.336 e. The van der Waals surface area contributed by atoms with E-state index in [0.29, 0.717) is 33.4 Å². The molecule has 0 fully saturated rings. The molecule has 7 heteroatoms. The average molecular weight is 413 g/mol. The molecule has 7 nitrogen and oxygen atoms in total. The van der Waals surface area contributed by atoms with Gasteiger partial charge < -0.3 is 20.5 Å². The Morgan fingerprint density at radius 2 is 1.87 bits per heavy atom. The zero-order valence-corrected chi connectivity index (χ0v) is 16.4. The van der Waals surface area contributed by atoms with Crippen molar-refractivity contribution in [2.75, 3.05) is 5.32 Å².